The van der Waals surface area contributed by atoms with Gasteiger partial charge in [-0.2, -0.15) is 0 Å². The summed E-state index contributed by atoms with van der Waals surface area (Å²) in [6.07, 6.45) is 3.25. The zero-order valence-electron chi connectivity index (χ0n) is 9.51. The molecule has 0 aromatic carbocycles. The molecule has 0 radical (unpaired) electrons. The van der Waals surface area contributed by atoms with E-state index in [-0.39, 0.29) is 12.2 Å². The van der Waals surface area contributed by atoms with Gasteiger partial charge in [0, 0.05) is 26.2 Å². The van der Waals surface area contributed by atoms with E-state index in [1.54, 1.807) is 0 Å². The zero-order valence-corrected chi connectivity index (χ0v) is 10.3. The molecule has 2 N–H and O–H groups in total. The summed E-state index contributed by atoms with van der Waals surface area (Å²) in [4.78, 5) is 4.14. The van der Waals surface area contributed by atoms with E-state index in [2.05, 4.69) is 9.80 Å². The summed E-state index contributed by atoms with van der Waals surface area (Å²) in [5.74, 6) is 0. The summed E-state index contributed by atoms with van der Waals surface area (Å²) in [5, 5.41) is 20.0. The molecule has 0 saturated carbocycles. The Balaban J connectivity index is 1.90. The SMILES string of the molecule is OC1CCCN(C(=S)N2CCCC(O)C2)C1. The van der Waals surface area contributed by atoms with Crippen LogP contribution in [0.15, 0.2) is 0 Å². The summed E-state index contributed by atoms with van der Waals surface area (Å²) >= 11 is 5.43. The smallest absolute Gasteiger partial charge is 0.171 e. The zero-order chi connectivity index (χ0) is 11.5. The van der Waals surface area contributed by atoms with E-state index in [1.165, 1.54) is 0 Å². The quantitative estimate of drug-likeness (QED) is 0.596. The van der Waals surface area contributed by atoms with E-state index in [0.29, 0.717) is 13.1 Å². The minimum absolute atomic E-state index is 0.249. The fraction of sp³-hybridized carbons (Fsp3) is 0.909. The number of β-amino-alcohol motifs (C(OH)–C–C–N with tert-alkyl or cyclic N) is 2. The van der Waals surface area contributed by atoms with E-state index < -0.39 is 0 Å². The topological polar surface area (TPSA) is 46.9 Å². The first-order chi connectivity index (χ1) is 7.66. The third-order valence-corrected chi connectivity index (χ3v) is 3.85. The van der Waals surface area contributed by atoms with E-state index >= 15 is 0 Å². The lowest BCUT2D eigenvalue weighted by molar-refractivity contribution is 0.0789. The van der Waals surface area contributed by atoms with Crippen molar-refractivity contribution in [1.82, 2.24) is 9.80 Å². The molecule has 2 heterocycles. The molecule has 0 bridgehead atoms. The molecular weight excluding hydrogens is 224 g/mol. The maximum Gasteiger partial charge on any atom is 0.171 e. The van der Waals surface area contributed by atoms with Gasteiger partial charge in [0.1, 0.15) is 0 Å². The van der Waals surface area contributed by atoms with Crippen LogP contribution in [0.1, 0.15) is 25.7 Å². The molecule has 2 rings (SSSR count). The Kier molecular flexibility index (Phi) is 4.00. The van der Waals surface area contributed by atoms with Crippen molar-refractivity contribution in [3.05, 3.63) is 0 Å². The first-order valence-corrected chi connectivity index (χ1v) is 6.47. The molecule has 0 aromatic rings. The molecule has 4 nitrogen and oxygen atoms in total. The molecule has 2 atom stereocenters. The summed E-state index contributed by atoms with van der Waals surface area (Å²) < 4.78 is 0. The van der Waals surface area contributed by atoms with Crippen molar-refractivity contribution >= 4 is 17.3 Å². The standard InChI is InChI=1S/C11H20N2O2S/c14-9-3-1-5-12(7-9)11(16)13-6-2-4-10(15)8-13/h9-10,14-15H,1-8H2. The number of hydrogen-bond donors (Lipinski definition) is 2. The van der Waals surface area contributed by atoms with Gasteiger partial charge in [-0.05, 0) is 37.9 Å². The van der Waals surface area contributed by atoms with Crippen molar-refractivity contribution in [2.75, 3.05) is 26.2 Å². The minimum atomic E-state index is -0.249. The summed E-state index contributed by atoms with van der Waals surface area (Å²) in [6.45, 7) is 3.15. The highest BCUT2D eigenvalue weighted by Crippen LogP contribution is 2.16. The van der Waals surface area contributed by atoms with Crippen molar-refractivity contribution in [3.63, 3.8) is 0 Å². The Morgan fingerprint density at radius 1 is 0.938 bits per heavy atom. The van der Waals surface area contributed by atoms with Crippen molar-refractivity contribution in [1.29, 1.82) is 0 Å². The molecule has 0 aliphatic carbocycles. The fourth-order valence-electron chi connectivity index (χ4n) is 2.46. The van der Waals surface area contributed by atoms with E-state index in [1.807, 2.05) is 0 Å². The van der Waals surface area contributed by atoms with Crippen LogP contribution < -0.4 is 0 Å². The van der Waals surface area contributed by atoms with Crippen molar-refractivity contribution in [2.45, 2.75) is 37.9 Å². The number of aliphatic hydroxyl groups is 2. The van der Waals surface area contributed by atoms with Gasteiger partial charge in [-0.1, -0.05) is 0 Å². The van der Waals surface area contributed by atoms with Gasteiger partial charge in [0.15, 0.2) is 5.11 Å². The normalized spacial score (nSPS) is 31.6. The Hall–Kier alpha value is -0.390. The number of likely N-dealkylation sites (tertiary alicyclic amines) is 2. The van der Waals surface area contributed by atoms with Crippen LogP contribution >= 0.6 is 12.2 Å². The van der Waals surface area contributed by atoms with Gasteiger partial charge < -0.3 is 20.0 Å². The van der Waals surface area contributed by atoms with Crippen LogP contribution in [0.2, 0.25) is 0 Å². The van der Waals surface area contributed by atoms with Crippen LogP contribution in [0.25, 0.3) is 0 Å². The van der Waals surface area contributed by atoms with Gasteiger partial charge in [0.25, 0.3) is 0 Å². The second-order valence-electron chi connectivity index (χ2n) is 4.77. The Labute approximate surface area is 102 Å². The van der Waals surface area contributed by atoms with Gasteiger partial charge in [-0.3, -0.25) is 0 Å². The molecule has 2 aliphatic heterocycles. The van der Waals surface area contributed by atoms with Gasteiger partial charge in [-0.25, -0.2) is 0 Å². The van der Waals surface area contributed by atoms with Crippen LogP contribution in [-0.2, 0) is 0 Å². The largest absolute Gasteiger partial charge is 0.391 e. The lowest BCUT2D eigenvalue weighted by atomic mass is 10.1. The van der Waals surface area contributed by atoms with Gasteiger partial charge in [0.2, 0.25) is 0 Å². The van der Waals surface area contributed by atoms with Gasteiger partial charge >= 0.3 is 0 Å². The molecule has 0 spiro atoms. The molecule has 2 aliphatic rings. The van der Waals surface area contributed by atoms with Crippen molar-refractivity contribution < 1.29 is 10.2 Å². The van der Waals surface area contributed by atoms with Crippen LogP contribution in [-0.4, -0.2) is 63.5 Å². The maximum atomic E-state index is 9.61. The Bertz CT molecular complexity index is 238. The first-order valence-electron chi connectivity index (χ1n) is 6.07. The average Bonchev–Trinajstić information content (AvgIpc) is 2.28. The molecule has 92 valence electrons. The number of rotatable bonds is 0. The maximum absolute atomic E-state index is 9.61. The second kappa shape index (κ2) is 5.29. The molecule has 5 heteroatoms. The Morgan fingerprint density at radius 3 is 1.75 bits per heavy atom. The molecular formula is C11H20N2O2S. The predicted octanol–water partition coefficient (Wildman–Crippen LogP) is 0.185. The van der Waals surface area contributed by atoms with Crippen LogP contribution in [0.3, 0.4) is 0 Å². The highest BCUT2D eigenvalue weighted by atomic mass is 32.1. The van der Waals surface area contributed by atoms with Gasteiger partial charge in [-0.15, -0.1) is 0 Å². The van der Waals surface area contributed by atoms with E-state index in [0.717, 1.165) is 43.9 Å². The molecule has 0 aromatic heterocycles. The molecule has 2 unspecified atom stereocenters. The first kappa shape index (κ1) is 12.1. The highest BCUT2D eigenvalue weighted by molar-refractivity contribution is 7.80. The minimum Gasteiger partial charge on any atom is -0.391 e. The number of piperidine rings is 2. The number of thiocarbonyl (C=S) groups is 1. The fourth-order valence-corrected chi connectivity index (χ4v) is 2.79. The monoisotopic (exact) mass is 244 g/mol. The number of hydrogen-bond acceptors (Lipinski definition) is 3. The third kappa shape index (κ3) is 2.84. The molecule has 2 fully saturated rings. The predicted molar refractivity (Wildman–Crippen MR) is 66.2 cm³/mol. The molecule has 16 heavy (non-hydrogen) atoms. The van der Waals surface area contributed by atoms with Crippen molar-refractivity contribution in [2.24, 2.45) is 0 Å². The van der Waals surface area contributed by atoms with E-state index in [4.69, 9.17) is 12.2 Å². The third-order valence-electron chi connectivity index (χ3n) is 3.33. The van der Waals surface area contributed by atoms with Crippen LogP contribution in [0.5, 0.6) is 0 Å². The van der Waals surface area contributed by atoms with E-state index in [9.17, 15) is 10.2 Å². The van der Waals surface area contributed by atoms with Crippen LogP contribution in [0.4, 0.5) is 0 Å². The Morgan fingerprint density at radius 2 is 1.38 bits per heavy atom. The average molecular weight is 244 g/mol. The summed E-state index contributed by atoms with van der Waals surface area (Å²) in [7, 11) is 0. The number of aliphatic hydroxyl groups excluding tert-OH is 2. The second-order valence-corrected chi connectivity index (χ2v) is 5.13. The summed E-state index contributed by atoms with van der Waals surface area (Å²) in [5.41, 5.74) is 0. The van der Waals surface area contributed by atoms with Crippen molar-refractivity contribution in [3.8, 4) is 0 Å². The lowest BCUT2D eigenvalue weighted by Crippen LogP contribution is -2.52. The highest BCUT2D eigenvalue weighted by Gasteiger charge is 2.26. The lowest BCUT2D eigenvalue weighted by Gasteiger charge is -2.40. The van der Waals surface area contributed by atoms with Crippen LogP contribution in [0, 0.1) is 0 Å². The summed E-state index contributed by atoms with van der Waals surface area (Å²) in [6, 6.07) is 0. The molecule has 0 amide bonds. The number of nitrogens with zero attached hydrogens (tertiary/aromatic N) is 2. The molecule has 2 saturated heterocycles. The van der Waals surface area contributed by atoms with Gasteiger partial charge in [0.05, 0.1) is 12.2 Å².